The van der Waals surface area contributed by atoms with E-state index < -0.39 is 0 Å². The van der Waals surface area contributed by atoms with Crippen LogP contribution in [-0.2, 0) is 0 Å². The Labute approximate surface area is 123 Å². The largest absolute Gasteiger partial charge is 0.336 e. The van der Waals surface area contributed by atoms with Crippen molar-refractivity contribution in [1.29, 1.82) is 0 Å². The summed E-state index contributed by atoms with van der Waals surface area (Å²) in [4.78, 5) is 13.4. The Balaban J connectivity index is 1.91. The average Bonchev–Trinajstić information content (AvgIpc) is 2.84. The summed E-state index contributed by atoms with van der Waals surface area (Å²) in [5.41, 5.74) is 4.24. The van der Waals surface area contributed by atoms with Gasteiger partial charge in [0.05, 0.1) is 0 Å². The predicted octanol–water partition coefficient (Wildman–Crippen LogP) is 3.85. The monoisotopic (exact) mass is 286 g/mol. The fourth-order valence-corrected chi connectivity index (χ4v) is 2.74. The number of nitrogens with one attached hydrogen (secondary N) is 1. The molecule has 0 radical (unpaired) electrons. The first kappa shape index (κ1) is 13.0. The molecule has 0 spiro atoms. The van der Waals surface area contributed by atoms with E-state index in [-0.39, 0.29) is 6.03 Å². The van der Waals surface area contributed by atoms with Crippen molar-refractivity contribution >= 4 is 23.3 Å². The second kappa shape index (κ2) is 5.17. The molecule has 0 aliphatic carbocycles. The van der Waals surface area contributed by atoms with Gasteiger partial charge in [0.2, 0.25) is 0 Å². The zero-order chi connectivity index (χ0) is 14.1. The lowest BCUT2D eigenvalue weighted by atomic mass is 10.0. The minimum atomic E-state index is -0.0312. The second-order valence-corrected chi connectivity index (χ2v) is 5.38. The van der Waals surface area contributed by atoms with Gasteiger partial charge in [-0.25, -0.2) is 4.79 Å². The lowest BCUT2D eigenvalue weighted by Gasteiger charge is -2.14. The number of halogens is 1. The molecule has 1 heterocycles. The summed E-state index contributed by atoms with van der Waals surface area (Å²) >= 11 is 6.09. The smallest absolute Gasteiger partial charge is 0.321 e. The van der Waals surface area contributed by atoms with Gasteiger partial charge in [0.1, 0.15) is 0 Å². The van der Waals surface area contributed by atoms with Crippen LogP contribution in [0.1, 0.15) is 5.56 Å². The van der Waals surface area contributed by atoms with E-state index >= 15 is 0 Å². The Bertz CT molecular complexity index is 632. The summed E-state index contributed by atoms with van der Waals surface area (Å²) in [7, 11) is 0. The summed E-state index contributed by atoms with van der Waals surface area (Å²) in [6.07, 6.45) is 0. The zero-order valence-electron chi connectivity index (χ0n) is 11.2. The van der Waals surface area contributed by atoms with E-state index in [2.05, 4.69) is 11.4 Å². The molecular weight excluding hydrogens is 272 g/mol. The van der Waals surface area contributed by atoms with E-state index in [1.807, 2.05) is 43.3 Å². The lowest BCUT2D eigenvalue weighted by molar-refractivity contribution is 0.252. The van der Waals surface area contributed by atoms with Crippen LogP contribution >= 0.6 is 11.6 Å². The number of benzene rings is 2. The van der Waals surface area contributed by atoms with E-state index in [0.29, 0.717) is 13.1 Å². The number of aryl methyl sites for hydroxylation is 1. The van der Waals surface area contributed by atoms with Crippen LogP contribution in [0, 0.1) is 6.92 Å². The van der Waals surface area contributed by atoms with Crippen molar-refractivity contribution in [1.82, 2.24) is 5.32 Å². The first-order valence-electron chi connectivity index (χ1n) is 6.56. The number of carbonyl (C=O) groups excluding carboxylic acids is 1. The highest BCUT2D eigenvalue weighted by molar-refractivity contribution is 6.31. The predicted molar refractivity (Wildman–Crippen MR) is 82.4 cm³/mol. The van der Waals surface area contributed by atoms with E-state index in [0.717, 1.165) is 27.4 Å². The van der Waals surface area contributed by atoms with Crippen molar-refractivity contribution in [3.63, 3.8) is 0 Å². The third-order valence-electron chi connectivity index (χ3n) is 3.41. The maximum absolute atomic E-state index is 11.6. The Kier molecular flexibility index (Phi) is 3.36. The lowest BCUT2D eigenvalue weighted by Crippen LogP contribution is -2.27. The SMILES string of the molecule is Cc1cc(Cl)cc(-c2ccc(N3CCNC3=O)cc2)c1. The van der Waals surface area contributed by atoms with Crippen LogP contribution in [-0.4, -0.2) is 19.1 Å². The maximum atomic E-state index is 11.6. The number of carbonyl (C=O) groups is 1. The topological polar surface area (TPSA) is 32.3 Å². The third-order valence-corrected chi connectivity index (χ3v) is 3.63. The molecule has 1 aliphatic rings. The molecule has 1 N–H and O–H groups in total. The van der Waals surface area contributed by atoms with Crippen LogP contribution in [0.15, 0.2) is 42.5 Å². The number of anilines is 1. The van der Waals surface area contributed by atoms with Gasteiger partial charge in [-0.1, -0.05) is 29.8 Å². The molecule has 4 heteroatoms. The summed E-state index contributed by atoms with van der Waals surface area (Å²) in [6.45, 7) is 3.45. The van der Waals surface area contributed by atoms with Crippen LogP contribution in [0.2, 0.25) is 5.02 Å². The molecule has 0 saturated carbocycles. The van der Waals surface area contributed by atoms with Crippen molar-refractivity contribution in [3.05, 3.63) is 53.1 Å². The van der Waals surface area contributed by atoms with Crippen LogP contribution in [0.5, 0.6) is 0 Å². The molecule has 1 fully saturated rings. The molecule has 3 rings (SSSR count). The molecule has 3 nitrogen and oxygen atoms in total. The second-order valence-electron chi connectivity index (χ2n) is 4.95. The van der Waals surface area contributed by atoms with E-state index in [9.17, 15) is 4.79 Å². The first-order valence-corrected chi connectivity index (χ1v) is 6.94. The molecule has 2 amide bonds. The van der Waals surface area contributed by atoms with Gasteiger partial charge in [-0.15, -0.1) is 0 Å². The van der Waals surface area contributed by atoms with E-state index in [1.165, 1.54) is 0 Å². The van der Waals surface area contributed by atoms with E-state index in [4.69, 9.17) is 11.6 Å². The fourth-order valence-electron chi connectivity index (χ4n) is 2.45. The molecule has 2 aromatic rings. The van der Waals surface area contributed by atoms with Crippen LogP contribution in [0.3, 0.4) is 0 Å². The highest BCUT2D eigenvalue weighted by Crippen LogP contribution is 2.27. The van der Waals surface area contributed by atoms with Crippen LogP contribution in [0.4, 0.5) is 10.5 Å². The Morgan fingerprint density at radius 2 is 1.85 bits per heavy atom. The van der Waals surface area contributed by atoms with Gasteiger partial charge in [-0.2, -0.15) is 0 Å². The van der Waals surface area contributed by atoms with E-state index in [1.54, 1.807) is 4.90 Å². The number of rotatable bonds is 2. The molecule has 0 aromatic heterocycles. The molecule has 102 valence electrons. The van der Waals surface area contributed by atoms with Crippen molar-refractivity contribution in [2.75, 3.05) is 18.0 Å². The Morgan fingerprint density at radius 3 is 2.45 bits per heavy atom. The zero-order valence-corrected chi connectivity index (χ0v) is 11.9. The minimum Gasteiger partial charge on any atom is -0.336 e. The number of amides is 2. The van der Waals surface area contributed by atoms with Crippen LogP contribution < -0.4 is 10.2 Å². The summed E-state index contributed by atoms with van der Waals surface area (Å²) in [6, 6.07) is 13.9. The normalized spacial score (nSPS) is 14.5. The molecule has 20 heavy (non-hydrogen) atoms. The quantitative estimate of drug-likeness (QED) is 0.894. The van der Waals surface area contributed by atoms with Crippen molar-refractivity contribution in [2.45, 2.75) is 6.92 Å². The van der Waals surface area contributed by atoms with Gasteiger partial charge in [-0.3, -0.25) is 4.90 Å². The molecular formula is C16H15ClN2O. The van der Waals surface area contributed by atoms with Gasteiger partial charge < -0.3 is 5.32 Å². The van der Waals surface area contributed by atoms with Gasteiger partial charge >= 0.3 is 6.03 Å². The summed E-state index contributed by atoms with van der Waals surface area (Å²) < 4.78 is 0. The van der Waals surface area contributed by atoms with Gasteiger partial charge in [-0.05, 0) is 47.9 Å². The van der Waals surface area contributed by atoms with Crippen molar-refractivity contribution in [2.24, 2.45) is 0 Å². The number of hydrogen-bond donors (Lipinski definition) is 1. The van der Waals surface area contributed by atoms with Gasteiger partial charge in [0.25, 0.3) is 0 Å². The highest BCUT2D eigenvalue weighted by Gasteiger charge is 2.20. The minimum absolute atomic E-state index is 0.0312. The number of hydrogen-bond acceptors (Lipinski definition) is 1. The molecule has 1 aliphatic heterocycles. The molecule has 1 saturated heterocycles. The number of urea groups is 1. The van der Waals surface area contributed by atoms with Crippen LogP contribution in [0.25, 0.3) is 11.1 Å². The average molecular weight is 287 g/mol. The maximum Gasteiger partial charge on any atom is 0.321 e. The number of nitrogens with zero attached hydrogens (tertiary/aromatic N) is 1. The highest BCUT2D eigenvalue weighted by atomic mass is 35.5. The van der Waals surface area contributed by atoms with Gasteiger partial charge in [0.15, 0.2) is 0 Å². The Hall–Kier alpha value is -2.00. The standard InChI is InChI=1S/C16H15ClN2O/c1-11-8-13(10-14(17)9-11)12-2-4-15(5-3-12)19-7-6-18-16(19)20/h2-5,8-10H,6-7H2,1H3,(H,18,20). The fraction of sp³-hybridized carbons (Fsp3) is 0.188. The third kappa shape index (κ3) is 2.49. The van der Waals surface area contributed by atoms with Gasteiger partial charge in [0, 0.05) is 23.8 Å². The Morgan fingerprint density at radius 1 is 1.10 bits per heavy atom. The molecule has 0 unspecified atom stereocenters. The molecule has 0 atom stereocenters. The first-order chi connectivity index (χ1) is 9.63. The summed E-state index contributed by atoms with van der Waals surface area (Å²) in [5, 5.41) is 3.54. The molecule has 0 bridgehead atoms. The molecule has 2 aromatic carbocycles. The summed E-state index contributed by atoms with van der Waals surface area (Å²) in [5.74, 6) is 0. The van der Waals surface area contributed by atoms with Crippen molar-refractivity contribution < 1.29 is 4.79 Å². The van der Waals surface area contributed by atoms with Crippen molar-refractivity contribution in [3.8, 4) is 11.1 Å².